The van der Waals surface area contributed by atoms with Crippen molar-refractivity contribution in [1.29, 1.82) is 0 Å². The van der Waals surface area contributed by atoms with E-state index in [0.717, 1.165) is 36.8 Å². The Kier molecular flexibility index (Phi) is 4.20. The lowest BCUT2D eigenvalue weighted by molar-refractivity contribution is 0.335. The monoisotopic (exact) mass is 232 g/mol. The van der Waals surface area contributed by atoms with Crippen LogP contribution in [0.1, 0.15) is 37.9 Å². The van der Waals surface area contributed by atoms with Crippen molar-refractivity contribution in [3.8, 4) is 0 Å². The van der Waals surface area contributed by atoms with E-state index in [1.54, 1.807) is 6.20 Å². The van der Waals surface area contributed by atoms with Gasteiger partial charge in [-0.3, -0.25) is 0 Å². The standard InChI is InChI=1S/C13H20N4/c1-10-15-9-7-13(17-10)16-8-6-11-2-4-12(14)5-3-11/h7-9,11-12H,2-6,14H2,1H3. The van der Waals surface area contributed by atoms with Crippen molar-refractivity contribution >= 4 is 12.0 Å². The molecule has 0 unspecified atom stereocenters. The summed E-state index contributed by atoms with van der Waals surface area (Å²) in [7, 11) is 0. The summed E-state index contributed by atoms with van der Waals surface area (Å²) in [5.41, 5.74) is 5.88. The van der Waals surface area contributed by atoms with Gasteiger partial charge in [0.25, 0.3) is 0 Å². The predicted molar refractivity (Wildman–Crippen MR) is 69.5 cm³/mol. The molecule has 1 heterocycles. The van der Waals surface area contributed by atoms with Crippen molar-refractivity contribution in [2.45, 2.75) is 45.1 Å². The minimum Gasteiger partial charge on any atom is -0.328 e. The van der Waals surface area contributed by atoms with Gasteiger partial charge in [0, 0.05) is 24.5 Å². The van der Waals surface area contributed by atoms with E-state index in [0.29, 0.717) is 6.04 Å². The van der Waals surface area contributed by atoms with Gasteiger partial charge in [-0.25, -0.2) is 15.0 Å². The molecule has 4 heteroatoms. The zero-order valence-corrected chi connectivity index (χ0v) is 10.3. The van der Waals surface area contributed by atoms with E-state index in [1.165, 1.54) is 12.8 Å². The lowest BCUT2D eigenvalue weighted by Gasteiger charge is -2.24. The van der Waals surface area contributed by atoms with Gasteiger partial charge in [-0.15, -0.1) is 0 Å². The number of aromatic nitrogens is 2. The maximum Gasteiger partial charge on any atom is 0.155 e. The zero-order chi connectivity index (χ0) is 12.1. The molecule has 17 heavy (non-hydrogen) atoms. The second-order valence-electron chi connectivity index (χ2n) is 4.79. The number of hydrogen-bond donors (Lipinski definition) is 1. The average Bonchev–Trinajstić information content (AvgIpc) is 2.32. The molecule has 0 amide bonds. The highest BCUT2D eigenvalue weighted by Crippen LogP contribution is 2.25. The van der Waals surface area contributed by atoms with Crippen molar-refractivity contribution in [3.63, 3.8) is 0 Å². The van der Waals surface area contributed by atoms with Crippen LogP contribution < -0.4 is 5.73 Å². The van der Waals surface area contributed by atoms with Gasteiger partial charge < -0.3 is 5.73 Å². The van der Waals surface area contributed by atoms with Crippen LogP contribution in [0.25, 0.3) is 0 Å². The normalized spacial score (nSPS) is 25.3. The van der Waals surface area contributed by atoms with Crippen LogP contribution in [0, 0.1) is 12.8 Å². The highest BCUT2D eigenvalue weighted by Gasteiger charge is 2.17. The molecule has 1 aromatic heterocycles. The molecule has 1 aliphatic rings. The maximum absolute atomic E-state index is 5.88. The van der Waals surface area contributed by atoms with Crippen LogP contribution in [0.4, 0.5) is 5.82 Å². The first-order chi connectivity index (χ1) is 8.24. The molecule has 2 N–H and O–H groups in total. The molecule has 0 atom stereocenters. The average molecular weight is 232 g/mol. The number of rotatable bonds is 3. The molecule has 0 aliphatic heterocycles. The highest BCUT2D eigenvalue weighted by atomic mass is 15.0. The first-order valence-electron chi connectivity index (χ1n) is 6.32. The summed E-state index contributed by atoms with van der Waals surface area (Å²) in [6.07, 6.45) is 9.55. The summed E-state index contributed by atoms with van der Waals surface area (Å²) >= 11 is 0. The Morgan fingerprint density at radius 2 is 2.18 bits per heavy atom. The van der Waals surface area contributed by atoms with Crippen LogP contribution in [-0.4, -0.2) is 22.2 Å². The molecular formula is C13H20N4. The van der Waals surface area contributed by atoms with Crippen molar-refractivity contribution in [1.82, 2.24) is 9.97 Å². The van der Waals surface area contributed by atoms with Crippen molar-refractivity contribution in [3.05, 3.63) is 18.1 Å². The third kappa shape index (κ3) is 3.89. The Bertz CT molecular complexity index is 381. The van der Waals surface area contributed by atoms with Gasteiger partial charge in [0.2, 0.25) is 0 Å². The van der Waals surface area contributed by atoms with Crippen molar-refractivity contribution in [2.24, 2.45) is 16.6 Å². The van der Waals surface area contributed by atoms with E-state index in [-0.39, 0.29) is 0 Å². The van der Waals surface area contributed by atoms with Gasteiger partial charge in [-0.2, -0.15) is 0 Å². The van der Waals surface area contributed by atoms with Crippen molar-refractivity contribution < 1.29 is 0 Å². The molecule has 0 bridgehead atoms. The number of aliphatic imine (C=N–C) groups is 1. The molecule has 0 saturated heterocycles. The molecule has 1 aliphatic carbocycles. The quantitative estimate of drug-likeness (QED) is 0.814. The van der Waals surface area contributed by atoms with Crippen LogP contribution in [0.15, 0.2) is 17.3 Å². The Hall–Kier alpha value is -1.29. The van der Waals surface area contributed by atoms with E-state index in [2.05, 4.69) is 15.0 Å². The van der Waals surface area contributed by atoms with Crippen LogP contribution >= 0.6 is 0 Å². The molecule has 0 aromatic carbocycles. The Balaban J connectivity index is 1.81. The lowest BCUT2D eigenvalue weighted by atomic mass is 9.85. The third-order valence-corrected chi connectivity index (χ3v) is 3.32. The summed E-state index contributed by atoms with van der Waals surface area (Å²) in [6.45, 7) is 1.88. The SMILES string of the molecule is Cc1nccc(N=CCC2CCC(N)CC2)n1. The topological polar surface area (TPSA) is 64.2 Å². The number of hydrogen-bond acceptors (Lipinski definition) is 4. The number of nitrogens with two attached hydrogens (primary N) is 1. The zero-order valence-electron chi connectivity index (χ0n) is 10.3. The van der Waals surface area contributed by atoms with Crippen molar-refractivity contribution in [2.75, 3.05) is 0 Å². The van der Waals surface area contributed by atoms with Crippen LogP contribution in [0.2, 0.25) is 0 Å². The number of nitrogens with zero attached hydrogens (tertiary/aromatic N) is 3. The van der Waals surface area contributed by atoms with E-state index >= 15 is 0 Å². The fraction of sp³-hybridized carbons (Fsp3) is 0.615. The molecule has 92 valence electrons. The van der Waals surface area contributed by atoms with Gasteiger partial charge >= 0.3 is 0 Å². The van der Waals surface area contributed by atoms with E-state index in [4.69, 9.17) is 5.73 Å². The fourth-order valence-electron chi connectivity index (χ4n) is 2.23. The van der Waals surface area contributed by atoms with Crippen LogP contribution in [0.5, 0.6) is 0 Å². The van der Waals surface area contributed by atoms with E-state index < -0.39 is 0 Å². The molecule has 1 saturated carbocycles. The molecule has 4 nitrogen and oxygen atoms in total. The minimum absolute atomic E-state index is 0.424. The summed E-state index contributed by atoms with van der Waals surface area (Å²) in [5.74, 6) is 2.27. The second-order valence-corrected chi connectivity index (χ2v) is 4.79. The van der Waals surface area contributed by atoms with Gasteiger partial charge in [0.15, 0.2) is 5.82 Å². The Morgan fingerprint density at radius 1 is 1.41 bits per heavy atom. The largest absolute Gasteiger partial charge is 0.328 e. The fourth-order valence-corrected chi connectivity index (χ4v) is 2.23. The molecule has 2 rings (SSSR count). The van der Waals surface area contributed by atoms with Crippen LogP contribution in [0.3, 0.4) is 0 Å². The van der Waals surface area contributed by atoms with Gasteiger partial charge in [0.05, 0.1) is 0 Å². The van der Waals surface area contributed by atoms with E-state index in [9.17, 15) is 0 Å². The summed E-state index contributed by atoms with van der Waals surface area (Å²) in [5, 5.41) is 0. The minimum atomic E-state index is 0.424. The predicted octanol–water partition coefficient (Wildman–Crippen LogP) is 2.39. The highest BCUT2D eigenvalue weighted by molar-refractivity contribution is 5.61. The molecule has 0 radical (unpaired) electrons. The summed E-state index contributed by atoms with van der Waals surface area (Å²) in [4.78, 5) is 12.7. The lowest BCUT2D eigenvalue weighted by Crippen LogP contribution is -2.26. The molecule has 1 fully saturated rings. The van der Waals surface area contributed by atoms with Crippen LogP contribution in [-0.2, 0) is 0 Å². The van der Waals surface area contributed by atoms with E-state index in [1.807, 2.05) is 19.2 Å². The first kappa shape index (κ1) is 12.2. The molecular weight excluding hydrogens is 212 g/mol. The second kappa shape index (κ2) is 5.87. The molecule has 0 spiro atoms. The summed E-state index contributed by atoms with van der Waals surface area (Å²) < 4.78 is 0. The van der Waals surface area contributed by atoms with Gasteiger partial charge in [-0.1, -0.05) is 0 Å². The van der Waals surface area contributed by atoms with Gasteiger partial charge in [0.1, 0.15) is 5.82 Å². The third-order valence-electron chi connectivity index (χ3n) is 3.32. The van der Waals surface area contributed by atoms with Gasteiger partial charge in [-0.05, 0) is 44.9 Å². The Morgan fingerprint density at radius 3 is 2.88 bits per heavy atom. The number of aryl methyl sites for hydroxylation is 1. The Labute approximate surface area is 102 Å². The smallest absolute Gasteiger partial charge is 0.155 e. The first-order valence-corrected chi connectivity index (χ1v) is 6.32. The summed E-state index contributed by atoms with van der Waals surface area (Å²) in [6, 6.07) is 2.26. The maximum atomic E-state index is 5.88. The molecule has 1 aromatic rings.